The highest BCUT2D eigenvalue weighted by Gasteiger charge is 2.18. The molecule has 0 bridgehead atoms. The third-order valence-corrected chi connectivity index (χ3v) is 6.82. The first kappa shape index (κ1) is 22.3. The summed E-state index contributed by atoms with van der Waals surface area (Å²) >= 11 is 9.79. The summed E-state index contributed by atoms with van der Waals surface area (Å²) < 4.78 is 6.16. The number of anilines is 1. The maximum atomic E-state index is 13.5. The fourth-order valence-corrected chi connectivity index (χ4v) is 4.37. The number of methoxy groups -OCH3 is 1. The number of rotatable bonds is 4. The number of benzene rings is 3. The minimum atomic E-state index is -0.215. The Morgan fingerprint density at radius 2 is 1.84 bits per heavy atom. The number of carbonyl (C=O) groups excluding carboxylic acids is 1. The summed E-state index contributed by atoms with van der Waals surface area (Å²) in [5.41, 5.74) is 6.49. The van der Waals surface area contributed by atoms with Crippen LogP contribution < -0.4 is 10.1 Å². The Balaban J connectivity index is 1.88. The van der Waals surface area contributed by atoms with Crippen LogP contribution in [0.5, 0.6) is 5.75 Å². The molecule has 32 heavy (non-hydrogen) atoms. The van der Waals surface area contributed by atoms with Crippen LogP contribution in [0.4, 0.5) is 5.69 Å². The van der Waals surface area contributed by atoms with Crippen molar-refractivity contribution in [2.75, 3.05) is 12.4 Å². The number of fused-ring (bicyclic) bond motifs is 1. The van der Waals surface area contributed by atoms with Crippen molar-refractivity contribution in [2.45, 2.75) is 20.8 Å². The first-order valence-corrected chi connectivity index (χ1v) is 11.3. The predicted molar refractivity (Wildman–Crippen MR) is 135 cm³/mol. The molecule has 6 heteroatoms. The van der Waals surface area contributed by atoms with Gasteiger partial charge < -0.3 is 10.1 Å². The highest BCUT2D eigenvalue weighted by atomic mass is 79.9. The first-order valence-electron chi connectivity index (χ1n) is 10.1. The number of aryl methyl sites for hydroxylation is 2. The lowest BCUT2D eigenvalue weighted by molar-refractivity contribution is 0.102. The lowest BCUT2D eigenvalue weighted by atomic mass is 9.99. The van der Waals surface area contributed by atoms with Crippen molar-refractivity contribution in [3.8, 4) is 17.0 Å². The molecule has 0 aliphatic carbocycles. The highest BCUT2D eigenvalue weighted by molar-refractivity contribution is 9.10. The lowest BCUT2D eigenvalue weighted by Gasteiger charge is -2.15. The Bertz CT molecular complexity index is 1370. The quantitative estimate of drug-likeness (QED) is 0.310. The zero-order chi connectivity index (χ0) is 23.0. The molecule has 0 aliphatic rings. The van der Waals surface area contributed by atoms with E-state index < -0.39 is 0 Å². The summed E-state index contributed by atoms with van der Waals surface area (Å²) in [6.07, 6.45) is 0. The zero-order valence-electron chi connectivity index (χ0n) is 18.2. The SMILES string of the molecule is COc1cccc(-c2cc(C(=O)Nc3ccc(Br)c(Cl)c3C)c3cc(C)cc(C)c3n2)c1. The van der Waals surface area contributed by atoms with E-state index in [4.69, 9.17) is 21.3 Å². The number of hydrogen-bond acceptors (Lipinski definition) is 3. The molecule has 0 saturated carbocycles. The monoisotopic (exact) mass is 508 g/mol. The molecule has 0 unspecified atom stereocenters. The van der Waals surface area contributed by atoms with E-state index in [9.17, 15) is 4.79 Å². The molecule has 1 heterocycles. The molecule has 1 N–H and O–H groups in total. The van der Waals surface area contributed by atoms with Gasteiger partial charge in [0.05, 0.1) is 28.9 Å². The Morgan fingerprint density at radius 3 is 2.59 bits per heavy atom. The Morgan fingerprint density at radius 1 is 1.06 bits per heavy atom. The van der Waals surface area contributed by atoms with E-state index in [1.54, 1.807) is 7.11 Å². The maximum absolute atomic E-state index is 13.5. The number of amides is 1. The maximum Gasteiger partial charge on any atom is 0.256 e. The minimum absolute atomic E-state index is 0.215. The minimum Gasteiger partial charge on any atom is -0.497 e. The molecule has 0 spiro atoms. The number of pyridine rings is 1. The second-order valence-electron chi connectivity index (χ2n) is 7.75. The van der Waals surface area contributed by atoms with E-state index in [-0.39, 0.29) is 5.91 Å². The summed E-state index contributed by atoms with van der Waals surface area (Å²) in [6, 6.07) is 17.2. The fraction of sp³-hybridized carbons (Fsp3) is 0.154. The average molecular weight is 510 g/mol. The molecule has 0 atom stereocenters. The van der Waals surface area contributed by atoms with Gasteiger partial charge in [0, 0.05) is 21.1 Å². The molecule has 1 amide bonds. The average Bonchev–Trinajstić information content (AvgIpc) is 2.78. The van der Waals surface area contributed by atoms with Crippen molar-refractivity contribution >= 4 is 50.0 Å². The van der Waals surface area contributed by atoms with E-state index in [2.05, 4.69) is 27.3 Å². The van der Waals surface area contributed by atoms with Gasteiger partial charge in [-0.2, -0.15) is 0 Å². The van der Waals surface area contributed by atoms with Gasteiger partial charge in [-0.25, -0.2) is 4.98 Å². The molecule has 4 nitrogen and oxygen atoms in total. The Hall–Kier alpha value is -2.89. The van der Waals surface area contributed by atoms with Gasteiger partial charge in [-0.3, -0.25) is 4.79 Å². The third kappa shape index (κ3) is 4.23. The normalized spacial score (nSPS) is 10.9. The zero-order valence-corrected chi connectivity index (χ0v) is 20.6. The second-order valence-corrected chi connectivity index (χ2v) is 8.99. The molecular formula is C26H22BrClN2O2. The van der Waals surface area contributed by atoms with Crippen molar-refractivity contribution in [2.24, 2.45) is 0 Å². The molecular weight excluding hydrogens is 488 g/mol. The number of aromatic nitrogens is 1. The number of ether oxygens (including phenoxy) is 1. The van der Waals surface area contributed by atoms with Gasteiger partial charge in [-0.05, 0) is 84.2 Å². The van der Waals surface area contributed by atoms with Crippen LogP contribution in [-0.4, -0.2) is 18.0 Å². The lowest BCUT2D eigenvalue weighted by Crippen LogP contribution is -2.14. The fourth-order valence-electron chi connectivity index (χ4n) is 3.78. The van der Waals surface area contributed by atoms with E-state index in [1.807, 2.05) is 69.3 Å². The van der Waals surface area contributed by atoms with Crippen molar-refractivity contribution in [3.63, 3.8) is 0 Å². The van der Waals surface area contributed by atoms with Gasteiger partial charge in [0.25, 0.3) is 5.91 Å². The number of carbonyl (C=O) groups is 1. The smallest absolute Gasteiger partial charge is 0.256 e. The Labute approximate surface area is 200 Å². The van der Waals surface area contributed by atoms with Crippen LogP contribution >= 0.6 is 27.5 Å². The summed E-state index contributed by atoms with van der Waals surface area (Å²) in [5.74, 6) is 0.518. The molecule has 0 radical (unpaired) electrons. The van der Waals surface area contributed by atoms with Crippen molar-refractivity contribution in [1.29, 1.82) is 0 Å². The third-order valence-electron chi connectivity index (χ3n) is 5.45. The summed E-state index contributed by atoms with van der Waals surface area (Å²) in [5, 5.41) is 4.42. The summed E-state index contributed by atoms with van der Waals surface area (Å²) in [6.45, 7) is 5.91. The van der Waals surface area contributed by atoms with E-state index in [0.29, 0.717) is 22.0 Å². The van der Waals surface area contributed by atoms with Crippen LogP contribution in [0.3, 0.4) is 0 Å². The van der Waals surface area contributed by atoms with Crippen molar-refractivity contribution in [3.05, 3.63) is 86.3 Å². The topological polar surface area (TPSA) is 51.2 Å². The van der Waals surface area contributed by atoms with Gasteiger partial charge in [0.15, 0.2) is 0 Å². The van der Waals surface area contributed by atoms with Gasteiger partial charge in [-0.1, -0.05) is 35.4 Å². The van der Waals surface area contributed by atoms with Crippen LogP contribution in [0.25, 0.3) is 22.2 Å². The van der Waals surface area contributed by atoms with Gasteiger partial charge in [0.2, 0.25) is 0 Å². The summed E-state index contributed by atoms with van der Waals surface area (Å²) in [7, 11) is 1.63. The molecule has 3 aromatic carbocycles. The largest absolute Gasteiger partial charge is 0.497 e. The van der Waals surface area contributed by atoms with Crippen LogP contribution in [0.1, 0.15) is 27.0 Å². The number of nitrogens with one attached hydrogen (secondary N) is 1. The standard InChI is InChI=1S/C26H22BrClN2O2/c1-14-10-15(2)25-19(11-14)20(13-23(29-25)17-6-5-7-18(12-17)32-4)26(31)30-22-9-8-21(27)24(28)16(22)3/h5-13H,1-4H3,(H,30,31). The number of halogens is 2. The van der Waals surface area contributed by atoms with Crippen molar-refractivity contribution in [1.82, 2.24) is 4.98 Å². The van der Waals surface area contributed by atoms with Crippen LogP contribution in [0.2, 0.25) is 5.02 Å². The molecule has 0 aliphatic heterocycles. The van der Waals surface area contributed by atoms with Crippen molar-refractivity contribution < 1.29 is 9.53 Å². The molecule has 1 aromatic heterocycles. The number of nitrogens with zero attached hydrogens (tertiary/aromatic N) is 1. The van der Waals surface area contributed by atoms with E-state index in [0.717, 1.165) is 43.4 Å². The Kier molecular flexibility index (Phi) is 6.22. The molecule has 0 fully saturated rings. The van der Waals surface area contributed by atoms with Crippen LogP contribution in [-0.2, 0) is 0 Å². The van der Waals surface area contributed by atoms with Gasteiger partial charge in [0.1, 0.15) is 5.75 Å². The van der Waals surface area contributed by atoms with Gasteiger partial charge in [-0.15, -0.1) is 0 Å². The molecule has 4 rings (SSSR count). The predicted octanol–water partition coefficient (Wildman–Crippen LogP) is 7.50. The van der Waals surface area contributed by atoms with Crippen LogP contribution in [0.15, 0.2) is 59.1 Å². The second kappa shape index (κ2) is 8.93. The molecule has 4 aromatic rings. The number of hydrogen-bond donors (Lipinski definition) is 1. The first-order chi connectivity index (χ1) is 15.3. The molecule has 0 saturated heterocycles. The van der Waals surface area contributed by atoms with E-state index in [1.165, 1.54) is 0 Å². The highest BCUT2D eigenvalue weighted by Crippen LogP contribution is 2.33. The summed E-state index contributed by atoms with van der Waals surface area (Å²) in [4.78, 5) is 18.4. The van der Waals surface area contributed by atoms with Gasteiger partial charge >= 0.3 is 0 Å². The van der Waals surface area contributed by atoms with Crippen LogP contribution in [0, 0.1) is 20.8 Å². The van der Waals surface area contributed by atoms with E-state index >= 15 is 0 Å². The molecule has 162 valence electrons.